The number of aliphatic hydroxyl groups is 1. The molecule has 5 N–H and O–H groups in total. The first-order chi connectivity index (χ1) is 18.8. The minimum absolute atomic E-state index is 0.0601. The van der Waals surface area contributed by atoms with Crippen molar-refractivity contribution in [3.05, 3.63) is 0 Å². The fraction of sp³-hybridized carbons (Fsp3) is 1.00. The van der Waals surface area contributed by atoms with E-state index < -0.39 is 11.8 Å². The van der Waals surface area contributed by atoms with Crippen LogP contribution < -0.4 is 11.5 Å². The van der Waals surface area contributed by atoms with Gasteiger partial charge in [-0.25, -0.2) is 0 Å². The van der Waals surface area contributed by atoms with Crippen molar-refractivity contribution < 1.29 is 24.1 Å². The van der Waals surface area contributed by atoms with Gasteiger partial charge in [-0.15, -0.1) is 0 Å². The fourth-order valence-electron chi connectivity index (χ4n) is 5.64. The molecule has 0 aliphatic heterocycles. The van der Waals surface area contributed by atoms with Gasteiger partial charge in [0.25, 0.3) is 0 Å². The zero-order valence-electron chi connectivity index (χ0n) is 29.5. The zero-order valence-corrected chi connectivity index (χ0v) is 29.5. The largest absolute Gasteiger partial charge is 0.375 e. The molecule has 7 nitrogen and oxygen atoms in total. The van der Waals surface area contributed by atoms with E-state index in [0.717, 1.165) is 57.8 Å². The van der Waals surface area contributed by atoms with E-state index in [1.165, 1.54) is 0 Å². The number of unbranched alkanes of at least 4 members (excludes halogenated alkanes) is 1. The van der Waals surface area contributed by atoms with Gasteiger partial charge in [-0.2, -0.15) is 0 Å². The van der Waals surface area contributed by atoms with Crippen molar-refractivity contribution in [1.82, 2.24) is 0 Å². The molecule has 0 bridgehead atoms. The van der Waals surface area contributed by atoms with Crippen molar-refractivity contribution in [2.45, 2.75) is 201 Å². The molecule has 0 saturated carbocycles. The highest BCUT2D eigenvalue weighted by Crippen LogP contribution is 2.37. The SMILES string of the molecule is CCCCC(CC)(COC(C)(CC)CC(C)OC(C)(CC)CC(C)N)COC(C)(CC)CC(C)OC(C)(O)C(C)N. The summed E-state index contributed by atoms with van der Waals surface area (Å²) < 4.78 is 26.1. The lowest BCUT2D eigenvalue weighted by Gasteiger charge is -2.42. The average molecular weight is 589 g/mol. The molecule has 0 spiro atoms. The van der Waals surface area contributed by atoms with Crippen LogP contribution in [0, 0.1) is 5.41 Å². The van der Waals surface area contributed by atoms with E-state index in [2.05, 4.69) is 62.3 Å². The van der Waals surface area contributed by atoms with Crippen molar-refractivity contribution in [3.8, 4) is 0 Å². The van der Waals surface area contributed by atoms with Crippen molar-refractivity contribution in [1.29, 1.82) is 0 Å². The maximum Gasteiger partial charge on any atom is 0.177 e. The lowest BCUT2D eigenvalue weighted by atomic mass is 9.80. The van der Waals surface area contributed by atoms with Gasteiger partial charge in [0.05, 0.1) is 48.3 Å². The second-order valence-corrected chi connectivity index (χ2v) is 14.2. The Morgan fingerprint density at radius 3 is 1.41 bits per heavy atom. The number of rotatable bonds is 24. The molecule has 0 aliphatic carbocycles. The van der Waals surface area contributed by atoms with Gasteiger partial charge in [0.1, 0.15) is 0 Å². The third kappa shape index (κ3) is 14.8. The quantitative estimate of drug-likeness (QED) is 0.100. The van der Waals surface area contributed by atoms with Crippen molar-refractivity contribution in [2.75, 3.05) is 13.2 Å². The minimum Gasteiger partial charge on any atom is -0.375 e. The summed E-state index contributed by atoms with van der Waals surface area (Å²) >= 11 is 0. The van der Waals surface area contributed by atoms with Crippen LogP contribution in [0.3, 0.4) is 0 Å². The Kier molecular flexibility index (Phi) is 17.8. The summed E-state index contributed by atoms with van der Waals surface area (Å²) in [7, 11) is 0. The Morgan fingerprint density at radius 1 is 0.634 bits per heavy atom. The zero-order chi connectivity index (χ0) is 32.1. The van der Waals surface area contributed by atoms with E-state index in [4.69, 9.17) is 30.4 Å². The molecule has 41 heavy (non-hydrogen) atoms. The van der Waals surface area contributed by atoms with Crippen LogP contribution in [0.2, 0.25) is 0 Å². The van der Waals surface area contributed by atoms with Crippen LogP contribution in [-0.4, -0.2) is 65.2 Å². The predicted molar refractivity (Wildman–Crippen MR) is 173 cm³/mol. The van der Waals surface area contributed by atoms with Crippen LogP contribution >= 0.6 is 0 Å². The van der Waals surface area contributed by atoms with Crippen LogP contribution in [0.25, 0.3) is 0 Å². The average Bonchev–Trinajstić information content (AvgIpc) is 2.87. The molecular formula is C34H72N2O5. The Hall–Kier alpha value is -0.280. The summed E-state index contributed by atoms with van der Waals surface area (Å²) in [6, 6.07) is -0.385. The molecule has 0 aromatic heterocycles. The minimum atomic E-state index is -1.38. The van der Waals surface area contributed by atoms with Crippen molar-refractivity contribution in [2.24, 2.45) is 16.9 Å². The van der Waals surface area contributed by atoms with E-state index in [1.54, 1.807) is 13.8 Å². The van der Waals surface area contributed by atoms with Gasteiger partial charge in [-0.3, -0.25) is 0 Å². The highest BCUT2D eigenvalue weighted by Gasteiger charge is 2.38. The summed E-state index contributed by atoms with van der Waals surface area (Å²) in [5.41, 5.74) is 11.1. The summed E-state index contributed by atoms with van der Waals surface area (Å²) in [6.07, 6.45) is 9.17. The first-order valence-corrected chi connectivity index (χ1v) is 16.6. The van der Waals surface area contributed by atoms with Gasteiger partial charge in [0.2, 0.25) is 0 Å². The highest BCUT2D eigenvalue weighted by molar-refractivity contribution is 4.87. The molecule has 0 heterocycles. The molecule has 7 heteroatoms. The molecule has 0 rings (SSSR count). The normalized spacial score (nSPS) is 22.8. The summed E-state index contributed by atoms with van der Waals surface area (Å²) in [5, 5.41) is 10.6. The smallest absolute Gasteiger partial charge is 0.177 e. The highest BCUT2D eigenvalue weighted by atomic mass is 16.6. The topological polar surface area (TPSA) is 109 Å². The van der Waals surface area contributed by atoms with Crippen LogP contribution in [0.15, 0.2) is 0 Å². The number of hydrogen-bond donors (Lipinski definition) is 3. The fourth-order valence-corrected chi connectivity index (χ4v) is 5.64. The number of nitrogens with two attached hydrogens (primary N) is 2. The van der Waals surface area contributed by atoms with Gasteiger partial charge < -0.3 is 35.5 Å². The van der Waals surface area contributed by atoms with Gasteiger partial charge in [-0.1, -0.05) is 47.5 Å². The van der Waals surface area contributed by atoms with Crippen LogP contribution in [0.1, 0.15) is 154 Å². The molecule has 0 aromatic rings. The maximum absolute atomic E-state index is 10.6. The molecule has 0 aromatic carbocycles. The molecule has 0 aliphatic rings. The molecule has 0 saturated heterocycles. The summed E-state index contributed by atoms with van der Waals surface area (Å²) in [6.45, 7) is 28.4. The monoisotopic (exact) mass is 589 g/mol. The Labute approximate surface area is 255 Å². The number of ether oxygens (including phenoxy) is 4. The van der Waals surface area contributed by atoms with E-state index in [1.807, 2.05) is 13.8 Å². The van der Waals surface area contributed by atoms with Crippen molar-refractivity contribution in [3.63, 3.8) is 0 Å². The molecular weight excluding hydrogens is 516 g/mol. The summed E-state index contributed by atoms with van der Waals surface area (Å²) in [5.74, 6) is -1.38. The Morgan fingerprint density at radius 2 is 1.07 bits per heavy atom. The van der Waals surface area contributed by atoms with Crippen LogP contribution in [0.4, 0.5) is 0 Å². The molecule has 248 valence electrons. The molecule has 0 amide bonds. The van der Waals surface area contributed by atoms with Gasteiger partial charge in [-0.05, 0) is 93.9 Å². The first kappa shape index (κ1) is 40.7. The van der Waals surface area contributed by atoms with Crippen LogP contribution in [-0.2, 0) is 18.9 Å². The number of hydrogen-bond acceptors (Lipinski definition) is 7. The molecule has 9 unspecified atom stereocenters. The van der Waals surface area contributed by atoms with E-state index in [9.17, 15) is 5.11 Å². The Bertz CT molecular complexity index is 705. The van der Waals surface area contributed by atoms with Gasteiger partial charge in [0, 0.05) is 24.3 Å². The van der Waals surface area contributed by atoms with E-state index in [0.29, 0.717) is 19.6 Å². The third-order valence-electron chi connectivity index (χ3n) is 9.47. The second-order valence-electron chi connectivity index (χ2n) is 14.2. The maximum atomic E-state index is 10.6. The second kappa shape index (κ2) is 17.9. The van der Waals surface area contributed by atoms with Gasteiger partial charge >= 0.3 is 0 Å². The summed E-state index contributed by atoms with van der Waals surface area (Å²) in [4.78, 5) is 0. The Balaban J connectivity index is 5.61. The van der Waals surface area contributed by atoms with Crippen LogP contribution in [0.5, 0.6) is 0 Å². The standard InChI is InChI=1S/C34H72N2O5/c1-14-19-20-34(18-5,25-39-31(11,16-3)23-28(8)41-33(13,37)29(9)36)24-38-30(10,15-2)22-27(7)40-32(12,17-4)21-26(6)35/h26-29,37H,14-25,35-36H2,1-13H3. The lowest BCUT2D eigenvalue weighted by molar-refractivity contribution is -0.235. The third-order valence-corrected chi connectivity index (χ3v) is 9.47. The van der Waals surface area contributed by atoms with E-state index >= 15 is 0 Å². The van der Waals surface area contributed by atoms with E-state index in [-0.39, 0.29) is 40.5 Å². The predicted octanol–water partition coefficient (Wildman–Crippen LogP) is 7.50. The first-order valence-electron chi connectivity index (χ1n) is 16.6. The van der Waals surface area contributed by atoms with Gasteiger partial charge in [0.15, 0.2) is 5.79 Å². The molecule has 9 atom stereocenters. The lowest BCUT2D eigenvalue weighted by Crippen LogP contribution is -2.49. The van der Waals surface area contributed by atoms with Crippen molar-refractivity contribution >= 4 is 0 Å². The molecule has 0 radical (unpaired) electrons. The molecule has 0 fully saturated rings.